The van der Waals surface area contributed by atoms with E-state index in [9.17, 15) is 4.79 Å². The summed E-state index contributed by atoms with van der Waals surface area (Å²) in [7, 11) is 0. The van der Waals surface area contributed by atoms with Gasteiger partial charge in [0.2, 0.25) is 5.88 Å². The van der Waals surface area contributed by atoms with E-state index in [-0.39, 0.29) is 24.6 Å². The van der Waals surface area contributed by atoms with Gasteiger partial charge < -0.3 is 15.0 Å². The molecule has 0 spiro atoms. The van der Waals surface area contributed by atoms with Crippen LogP contribution in [-0.4, -0.2) is 52.6 Å². The van der Waals surface area contributed by atoms with Gasteiger partial charge in [-0.1, -0.05) is 11.6 Å². The van der Waals surface area contributed by atoms with E-state index in [2.05, 4.69) is 24.1 Å². The Morgan fingerprint density at radius 2 is 1.83 bits per heavy atom. The first-order valence-corrected chi connectivity index (χ1v) is 10.7. The van der Waals surface area contributed by atoms with Crippen LogP contribution in [0.25, 0.3) is 11.4 Å². The van der Waals surface area contributed by atoms with Crippen molar-refractivity contribution >= 4 is 17.5 Å². The minimum absolute atomic E-state index is 0.00131. The summed E-state index contributed by atoms with van der Waals surface area (Å²) in [5, 5.41) is 4.12. The predicted molar refractivity (Wildman–Crippen MR) is 113 cm³/mol. The maximum Gasteiger partial charge on any atom is 0.260 e. The molecule has 7 heteroatoms. The van der Waals surface area contributed by atoms with Gasteiger partial charge in [-0.25, -0.2) is 4.98 Å². The Morgan fingerprint density at radius 1 is 1.14 bits per heavy atom. The van der Waals surface area contributed by atoms with Gasteiger partial charge in [-0.3, -0.25) is 4.79 Å². The molecule has 0 saturated carbocycles. The summed E-state index contributed by atoms with van der Waals surface area (Å²) >= 11 is 6.01. The molecule has 2 heterocycles. The highest BCUT2D eigenvalue weighted by Gasteiger charge is 2.26. The molecular weight excluding hydrogens is 388 g/mol. The van der Waals surface area contributed by atoms with Gasteiger partial charge >= 0.3 is 0 Å². The summed E-state index contributed by atoms with van der Waals surface area (Å²) < 4.78 is 5.99. The zero-order valence-corrected chi connectivity index (χ0v) is 17.7. The van der Waals surface area contributed by atoms with Crippen LogP contribution in [0.15, 0.2) is 24.3 Å². The molecule has 2 unspecified atom stereocenters. The molecular formula is C22H27ClN4O2. The molecule has 29 heavy (non-hydrogen) atoms. The van der Waals surface area contributed by atoms with Crippen molar-refractivity contribution in [1.29, 1.82) is 0 Å². The highest BCUT2D eigenvalue weighted by atomic mass is 35.5. The van der Waals surface area contributed by atoms with E-state index in [0.29, 0.717) is 29.8 Å². The SMILES string of the molecule is CC1CN(C(=O)COc2nc(-c3ccc(Cl)cc3)nc3c2CCCC3)CC(C)N1. The molecule has 1 amide bonds. The van der Waals surface area contributed by atoms with Gasteiger partial charge in [-0.15, -0.1) is 0 Å². The van der Waals surface area contributed by atoms with Gasteiger partial charge in [-0.05, 0) is 63.8 Å². The first-order valence-electron chi connectivity index (χ1n) is 10.3. The Labute approximate surface area is 176 Å². The van der Waals surface area contributed by atoms with Crippen LogP contribution in [0, 0.1) is 0 Å². The van der Waals surface area contributed by atoms with Crippen molar-refractivity contribution in [3.05, 3.63) is 40.5 Å². The Balaban J connectivity index is 1.55. The molecule has 1 fully saturated rings. The van der Waals surface area contributed by atoms with Crippen molar-refractivity contribution < 1.29 is 9.53 Å². The van der Waals surface area contributed by atoms with Crippen LogP contribution in [0.1, 0.15) is 37.9 Å². The van der Waals surface area contributed by atoms with Crippen LogP contribution >= 0.6 is 11.6 Å². The third-order valence-electron chi connectivity index (χ3n) is 5.49. The molecule has 1 N–H and O–H groups in total. The topological polar surface area (TPSA) is 67.4 Å². The van der Waals surface area contributed by atoms with Crippen LogP contribution in [0.5, 0.6) is 5.88 Å². The second-order valence-corrected chi connectivity index (χ2v) is 8.48. The molecule has 154 valence electrons. The number of amides is 1. The molecule has 1 aromatic heterocycles. The van der Waals surface area contributed by atoms with E-state index >= 15 is 0 Å². The van der Waals surface area contributed by atoms with Crippen molar-refractivity contribution in [2.24, 2.45) is 0 Å². The minimum atomic E-state index is 0.00131. The molecule has 4 rings (SSSR count). The number of hydrogen-bond acceptors (Lipinski definition) is 5. The van der Waals surface area contributed by atoms with Gasteiger partial charge in [0.1, 0.15) is 0 Å². The summed E-state index contributed by atoms with van der Waals surface area (Å²) in [6.07, 6.45) is 4.00. The van der Waals surface area contributed by atoms with Crippen molar-refractivity contribution in [1.82, 2.24) is 20.2 Å². The van der Waals surface area contributed by atoms with Crippen LogP contribution in [0.4, 0.5) is 0 Å². The van der Waals surface area contributed by atoms with E-state index in [4.69, 9.17) is 21.3 Å². The van der Waals surface area contributed by atoms with E-state index in [1.807, 2.05) is 29.2 Å². The van der Waals surface area contributed by atoms with Gasteiger partial charge in [0.25, 0.3) is 5.91 Å². The number of nitrogens with one attached hydrogen (secondary N) is 1. The average molecular weight is 415 g/mol. The highest BCUT2D eigenvalue weighted by molar-refractivity contribution is 6.30. The second-order valence-electron chi connectivity index (χ2n) is 8.05. The number of carbonyl (C=O) groups excluding carboxylic acids is 1. The Kier molecular flexibility index (Phi) is 6.01. The largest absolute Gasteiger partial charge is 0.467 e. The lowest BCUT2D eigenvalue weighted by molar-refractivity contribution is -0.135. The number of halogens is 1. The van der Waals surface area contributed by atoms with E-state index in [1.54, 1.807) is 0 Å². The van der Waals surface area contributed by atoms with E-state index < -0.39 is 0 Å². The number of fused-ring (bicyclic) bond motifs is 1. The number of hydrogen-bond donors (Lipinski definition) is 1. The molecule has 2 aromatic rings. The van der Waals surface area contributed by atoms with Gasteiger partial charge in [-0.2, -0.15) is 4.98 Å². The first-order chi connectivity index (χ1) is 14.0. The zero-order valence-electron chi connectivity index (χ0n) is 16.9. The van der Waals surface area contributed by atoms with Crippen LogP contribution in [-0.2, 0) is 17.6 Å². The molecule has 2 atom stereocenters. The molecule has 1 aliphatic carbocycles. The highest BCUT2D eigenvalue weighted by Crippen LogP contribution is 2.30. The summed E-state index contributed by atoms with van der Waals surface area (Å²) in [5.74, 6) is 1.17. The normalized spacial score (nSPS) is 21.6. The first kappa shape index (κ1) is 20.1. The summed E-state index contributed by atoms with van der Waals surface area (Å²) in [5.41, 5.74) is 2.97. The molecule has 0 bridgehead atoms. The lowest BCUT2D eigenvalue weighted by Gasteiger charge is -2.36. The van der Waals surface area contributed by atoms with Gasteiger partial charge in [0.05, 0.1) is 5.69 Å². The van der Waals surface area contributed by atoms with Crippen LogP contribution in [0.2, 0.25) is 5.02 Å². The molecule has 1 aliphatic heterocycles. The maximum absolute atomic E-state index is 12.7. The number of nitrogens with zero attached hydrogens (tertiary/aromatic N) is 3. The number of benzene rings is 1. The van der Waals surface area contributed by atoms with Crippen molar-refractivity contribution in [2.45, 2.75) is 51.6 Å². The second kappa shape index (κ2) is 8.67. The lowest BCUT2D eigenvalue weighted by Crippen LogP contribution is -2.56. The summed E-state index contributed by atoms with van der Waals surface area (Å²) in [6.45, 7) is 5.59. The molecule has 1 aromatic carbocycles. The Hall–Kier alpha value is -2.18. The minimum Gasteiger partial charge on any atom is -0.467 e. The zero-order chi connectivity index (χ0) is 20.4. The van der Waals surface area contributed by atoms with Crippen LogP contribution in [0.3, 0.4) is 0 Å². The number of ether oxygens (including phenoxy) is 1. The fourth-order valence-electron chi connectivity index (χ4n) is 4.16. The van der Waals surface area contributed by atoms with Crippen molar-refractivity contribution in [2.75, 3.05) is 19.7 Å². The quantitative estimate of drug-likeness (QED) is 0.831. The number of rotatable bonds is 4. The van der Waals surface area contributed by atoms with Crippen molar-refractivity contribution in [3.8, 4) is 17.3 Å². The smallest absolute Gasteiger partial charge is 0.260 e. The maximum atomic E-state index is 12.7. The summed E-state index contributed by atoms with van der Waals surface area (Å²) in [4.78, 5) is 24.1. The Morgan fingerprint density at radius 3 is 2.55 bits per heavy atom. The molecule has 2 aliphatic rings. The number of piperazine rings is 1. The van der Waals surface area contributed by atoms with E-state index in [1.165, 1.54) is 0 Å². The fraction of sp³-hybridized carbons (Fsp3) is 0.500. The lowest BCUT2D eigenvalue weighted by atomic mass is 9.96. The van der Waals surface area contributed by atoms with Crippen LogP contribution < -0.4 is 10.1 Å². The number of aryl methyl sites for hydroxylation is 1. The predicted octanol–water partition coefficient (Wildman–Crippen LogP) is 3.26. The van der Waals surface area contributed by atoms with Crippen molar-refractivity contribution in [3.63, 3.8) is 0 Å². The molecule has 1 saturated heterocycles. The Bertz CT molecular complexity index is 877. The van der Waals surface area contributed by atoms with E-state index in [0.717, 1.165) is 42.5 Å². The molecule has 6 nitrogen and oxygen atoms in total. The number of aromatic nitrogens is 2. The summed E-state index contributed by atoms with van der Waals surface area (Å²) in [6, 6.07) is 8.04. The molecule has 0 radical (unpaired) electrons. The standard InChI is InChI=1S/C22H27ClN4O2/c1-14-11-27(12-15(2)24-14)20(28)13-29-22-18-5-3-4-6-19(18)25-21(26-22)16-7-9-17(23)10-8-16/h7-10,14-15,24H,3-6,11-13H2,1-2H3. The third-order valence-corrected chi connectivity index (χ3v) is 5.74. The van der Waals surface area contributed by atoms with Gasteiger partial charge in [0, 0.05) is 41.3 Å². The average Bonchev–Trinajstić information content (AvgIpc) is 2.71. The monoisotopic (exact) mass is 414 g/mol. The third kappa shape index (κ3) is 4.70. The number of carbonyl (C=O) groups is 1. The van der Waals surface area contributed by atoms with Gasteiger partial charge in [0.15, 0.2) is 12.4 Å². The fourth-order valence-corrected chi connectivity index (χ4v) is 4.28.